The molecule has 174 valence electrons. The molecule has 2 nitrogen and oxygen atoms in total. The van der Waals surface area contributed by atoms with E-state index in [0.29, 0.717) is 28.7 Å². The number of hydrogen-bond donors (Lipinski definition) is 2. The van der Waals surface area contributed by atoms with Gasteiger partial charge in [0.1, 0.15) is 6.17 Å². The van der Waals surface area contributed by atoms with Gasteiger partial charge in [-0.1, -0.05) is 37.6 Å². The Bertz CT molecular complexity index is 753. The molecule has 0 aromatic carbocycles. The number of aliphatic hydroxyl groups is 2. The zero-order chi connectivity index (χ0) is 22.4. The van der Waals surface area contributed by atoms with Gasteiger partial charge in [0, 0.05) is 6.42 Å². The highest BCUT2D eigenvalue weighted by Gasteiger charge is 2.60. The Morgan fingerprint density at radius 1 is 1.19 bits per heavy atom. The van der Waals surface area contributed by atoms with Crippen molar-refractivity contribution < 1.29 is 14.6 Å². The summed E-state index contributed by atoms with van der Waals surface area (Å²) in [6.07, 6.45) is 15.7. The summed E-state index contributed by atoms with van der Waals surface area (Å²) >= 11 is 0. The van der Waals surface area contributed by atoms with Crippen molar-refractivity contribution in [1.29, 1.82) is 0 Å². The van der Waals surface area contributed by atoms with Crippen molar-refractivity contribution in [2.75, 3.05) is 0 Å². The minimum Gasteiger partial charge on any atom is -0.393 e. The maximum Gasteiger partial charge on any atom is 0.127 e. The molecule has 4 saturated carbocycles. The molecule has 0 spiro atoms. The Morgan fingerprint density at radius 2 is 1.94 bits per heavy atom. The Morgan fingerprint density at radius 3 is 2.61 bits per heavy atom. The van der Waals surface area contributed by atoms with Crippen LogP contribution in [0.25, 0.3) is 0 Å². The zero-order valence-corrected chi connectivity index (χ0v) is 19.9. The standard InChI is InChI=1S/C28H43FO2/c1-19-21(17-22(30)18-24(19)29)9-8-20-7-5-13-27(4)23(20)10-11-25(27)28(15-16-28)14-6-12-26(2,3)31/h8-9,22-25,30-31H,1,5-7,10-18H2,2-4H3/b20-8+,21-9-/t22-,23?,24+,25+,27+/m1/s1. The minimum absolute atomic E-state index is 0.185. The average molecular weight is 431 g/mol. The lowest BCUT2D eigenvalue weighted by Gasteiger charge is -2.45. The van der Waals surface area contributed by atoms with E-state index in [2.05, 4.69) is 25.7 Å². The molecule has 0 aliphatic heterocycles. The summed E-state index contributed by atoms with van der Waals surface area (Å²) in [5.41, 5.74) is 3.33. The molecule has 4 rings (SSSR count). The molecule has 0 aromatic heterocycles. The first-order valence-corrected chi connectivity index (χ1v) is 12.7. The second kappa shape index (κ2) is 8.45. The average Bonchev–Trinajstić information content (AvgIpc) is 3.35. The van der Waals surface area contributed by atoms with Gasteiger partial charge >= 0.3 is 0 Å². The second-order valence-electron chi connectivity index (χ2n) is 12.1. The summed E-state index contributed by atoms with van der Waals surface area (Å²) in [4.78, 5) is 0. The summed E-state index contributed by atoms with van der Waals surface area (Å²) in [6.45, 7) is 10.4. The molecule has 4 aliphatic carbocycles. The number of hydrogen-bond acceptors (Lipinski definition) is 2. The van der Waals surface area contributed by atoms with Gasteiger partial charge in [-0.25, -0.2) is 4.39 Å². The molecule has 0 bridgehead atoms. The van der Waals surface area contributed by atoms with Gasteiger partial charge in [-0.15, -0.1) is 0 Å². The van der Waals surface area contributed by atoms with Crippen LogP contribution in [0.2, 0.25) is 0 Å². The molecule has 0 amide bonds. The van der Waals surface area contributed by atoms with E-state index in [9.17, 15) is 14.6 Å². The highest BCUT2D eigenvalue weighted by molar-refractivity contribution is 5.39. The largest absolute Gasteiger partial charge is 0.393 e. The first-order chi connectivity index (χ1) is 14.5. The molecule has 0 aromatic rings. The van der Waals surface area contributed by atoms with Crippen LogP contribution >= 0.6 is 0 Å². The lowest BCUT2D eigenvalue weighted by atomic mass is 9.59. The normalized spacial score (nSPS) is 40.4. The van der Waals surface area contributed by atoms with Gasteiger partial charge in [0.05, 0.1) is 11.7 Å². The van der Waals surface area contributed by atoms with Gasteiger partial charge in [0.2, 0.25) is 0 Å². The van der Waals surface area contributed by atoms with E-state index >= 15 is 0 Å². The van der Waals surface area contributed by atoms with Crippen molar-refractivity contribution in [3.63, 3.8) is 0 Å². The van der Waals surface area contributed by atoms with Crippen LogP contribution in [0.15, 0.2) is 35.5 Å². The zero-order valence-electron chi connectivity index (χ0n) is 19.9. The minimum atomic E-state index is -1.11. The molecule has 3 heteroatoms. The fourth-order valence-electron chi connectivity index (χ4n) is 7.49. The molecule has 1 unspecified atom stereocenters. The van der Waals surface area contributed by atoms with Crippen LogP contribution in [0.1, 0.15) is 97.8 Å². The Kier molecular flexibility index (Phi) is 6.33. The first kappa shape index (κ1) is 23.2. The van der Waals surface area contributed by atoms with Gasteiger partial charge < -0.3 is 10.2 Å². The van der Waals surface area contributed by atoms with Crippen LogP contribution < -0.4 is 0 Å². The molecule has 2 N–H and O–H groups in total. The third-order valence-electron chi connectivity index (χ3n) is 9.28. The topological polar surface area (TPSA) is 40.5 Å². The third-order valence-corrected chi connectivity index (χ3v) is 9.28. The van der Waals surface area contributed by atoms with Crippen LogP contribution in [-0.2, 0) is 0 Å². The number of alkyl halides is 1. The van der Waals surface area contributed by atoms with Crippen LogP contribution in [0, 0.1) is 22.7 Å². The smallest absolute Gasteiger partial charge is 0.127 e. The van der Waals surface area contributed by atoms with Crippen molar-refractivity contribution in [3.05, 3.63) is 35.5 Å². The summed E-state index contributed by atoms with van der Waals surface area (Å²) in [6, 6.07) is 0. The molecule has 5 atom stereocenters. The number of allylic oxidation sites excluding steroid dienone is 4. The fourth-order valence-corrected chi connectivity index (χ4v) is 7.49. The van der Waals surface area contributed by atoms with Crippen LogP contribution in [-0.4, -0.2) is 28.1 Å². The first-order valence-electron chi connectivity index (χ1n) is 12.7. The van der Waals surface area contributed by atoms with E-state index in [0.717, 1.165) is 30.8 Å². The van der Waals surface area contributed by atoms with Gasteiger partial charge in [0.15, 0.2) is 0 Å². The lowest BCUT2D eigenvalue weighted by Crippen LogP contribution is -2.37. The number of fused-ring (bicyclic) bond motifs is 1. The molecule has 0 heterocycles. The van der Waals surface area contributed by atoms with Crippen LogP contribution in [0.5, 0.6) is 0 Å². The molecule has 0 radical (unpaired) electrons. The van der Waals surface area contributed by atoms with E-state index in [1.54, 1.807) is 5.57 Å². The number of aliphatic hydroxyl groups excluding tert-OH is 1. The maximum absolute atomic E-state index is 14.1. The summed E-state index contributed by atoms with van der Waals surface area (Å²) < 4.78 is 14.1. The quantitative estimate of drug-likeness (QED) is 0.485. The predicted octanol–water partition coefficient (Wildman–Crippen LogP) is 6.83. The lowest BCUT2D eigenvalue weighted by molar-refractivity contribution is 0.0521. The van der Waals surface area contributed by atoms with Crippen molar-refractivity contribution in [1.82, 2.24) is 0 Å². The monoisotopic (exact) mass is 430 g/mol. The molecule has 31 heavy (non-hydrogen) atoms. The predicted molar refractivity (Wildman–Crippen MR) is 125 cm³/mol. The molecule has 4 fully saturated rings. The summed E-state index contributed by atoms with van der Waals surface area (Å²) in [5.74, 6) is 1.43. The maximum atomic E-state index is 14.1. The third kappa shape index (κ3) is 4.74. The van der Waals surface area contributed by atoms with Gasteiger partial charge in [-0.05, 0) is 112 Å². The highest BCUT2D eigenvalue weighted by Crippen LogP contribution is 2.70. The Labute approximate surface area is 188 Å². The van der Waals surface area contributed by atoms with E-state index in [1.165, 1.54) is 44.9 Å². The van der Waals surface area contributed by atoms with Crippen molar-refractivity contribution in [2.45, 2.75) is 116 Å². The molecular weight excluding hydrogens is 387 g/mol. The van der Waals surface area contributed by atoms with Crippen LogP contribution in [0.3, 0.4) is 0 Å². The van der Waals surface area contributed by atoms with Crippen molar-refractivity contribution in [3.8, 4) is 0 Å². The molecule has 4 aliphatic rings. The van der Waals surface area contributed by atoms with E-state index in [1.807, 2.05) is 13.8 Å². The summed E-state index contributed by atoms with van der Waals surface area (Å²) in [7, 11) is 0. The van der Waals surface area contributed by atoms with Crippen LogP contribution in [0.4, 0.5) is 4.39 Å². The SMILES string of the molecule is C=C1/C(=C\C=C2/CCC[C@@]3(C)C2CC[C@@H]3C2(CCCC(C)(C)O)CC2)C[C@@H](O)C[C@@H]1F. The fraction of sp³-hybridized carbons (Fsp3) is 0.786. The van der Waals surface area contributed by atoms with E-state index in [-0.39, 0.29) is 6.42 Å². The van der Waals surface area contributed by atoms with E-state index in [4.69, 9.17) is 0 Å². The summed E-state index contributed by atoms with van der Waals surface area (Å²) in [5, 5.41) is 20.1. The molecular formula is C28H43FO2. The number of halogens is 1. The van der Waals surface area contributed by atoms with Crippen molar-refractivity contribution >= 4 is 0 Å². The Hall–Kier alpha value is -0.930. The van der Waals surface area contributed by atoms with E-state index < -0.39 is 17.9 Å². The second-order valence-corrected chi connectivity index (χ2v) is 12.1. The van der Waals surface area contributed by atoms with Gasteiger partial charge in [-0.3, -0.25) is 0 Å². The van der Waals surface area contributed by atoms with Crippen molar-refractivity contribution in [2.24, 2.45) is 22.7 Å². The number of rotatable bonds is 6. The van der Waals surface area contributed by atoms with Gasteiger partial charge in [-0.2, -0.15) is 0 Å². The molecule has 0 saturated heterocycles. The van der Waals surface area contributed by atoms with Gasteiger partial charge in [0.25, 0.3) is 0 Å². The highest BCUT2D eigenvalue weighted by atomic mass is 19.1. The Balaban J connectivity index is 1.49.